The molecule has 0 radical (unpaired) electrons. The van der Waals surface area contributed by atoms with E-state index >= 15 is 0 Å². The van der Waals surface area contributed by atoms with Crippen LogP contribution in [0.15, 0.2) is 47.1 Å². The summed E-state index contributed by atoms with van der Waals surface area (Å²) in [6.45, 7) is 1.14. The molecule has 25 heavy (non-hydrogen) atoms. The Bertz CT molecular complexity index is 671. The zero-order chi connectivity index (χ0) is 18.1. The van der Waals surface area contributed by atoms with Crippen LogP contribution in [0.2, 0.25) is 0 Å². The number of amides is 2. The van der Waals surface area contributed by atoms with Gasteiger partial charge in [-0.2, -0.15) is 0 Å². The molecule has 1 N–H and O–H groups in total. The predicted octanol–water partition coefficient (Wildman–Crippen LogP) is 2.47. The number of likely N-dealkylation sites (N-methyl/N-ethyl adjacent to an activating group) is 1. The fourth-order valence-electron chi connectivity index (χ4n) is 2.08. The second-order valence-corrected chi connectivity index (χ2v) is 5.45. The van der Waals surface area contributed by atoms with Crippen molar-refractivity contribution in [2.75, 3.05) is 26.7 Å². The SMILES string of the molecule is CN(CCOc1ccc(F)cc1)C(=O)CCCNC(=O)c1ccco1. The number of nitrogens with one attached hydrogen (secondary N) is 1. The molecule has 7 heteroatoms. The summed E-state index contributed by atoms with van der Waals surface area (Å²) in [5, 5.41) is 2.69. The zero-order valence-electron chi connectivity index (χ0n) is 14.0. The van der Waals surface area contributed by atoms with Crippen LogP contribution < -0.4 is 10.1 Å². The van der Waals surface area contributed by atoms with Gasteiger partial charge in [0.1, 0.15) is 18.2 Å². The van der Waals surface area contributed by atoms with Crippen molar-refractivity contribution in [1.82, 2.24) is 10.2 Å². The van der Waals surface area contributed by atoms with E-state index in [1.54, 1.807) is 36.2 Å². The minimum Gasteiger partial charge on any atom is -0.492 e. The molecule has 0 bridgehead atoms. The average Bonchev–Trinajstić information content (AvgIpc) is 3.14. The van der Waals surface area contributed by atoms with Gasteiger partial charge >= 0.3 is 0 Å². The molecule has 0 fully saturated rings. The minimum absolute atomic E-state index is 0.0325. The van der Waals surface area contributed by atoms with Crippen LogP contribution in [-0.4, -0.2) is 43.5 Å². The fraction of sp³-hybridized carbons (Fsp3) is 0.333. The summed E-state index contributed by atoms with van der Waals surface area (Å²) in [7, 11) is 1.69. The Kier molecular flexibility index (Phi) is 7.00. The summed E-state index contributed by atoms with van der Waals surface area (Å²) in [5.74, 6) is 0.163. The summed E-state index contributed by atoms with van der Waals surface area (Å²) < 4.78 is 23.2. The Morgan fingerprint density at radius 3 is 2.68 bits per heavy atom. The molecule has 0 saturated heterocycles. The lowest BCUT2D eigenvalue weighted by Crippen LogP contribution is -2.31. The van der Waals surface area contributed by atoms with Gasteiger partial charge in [-0.15, -0.1) is 0 Å². The third-order valence-corrected chi connectivity index (χ3v) is 3.53. The van der Waals surface area contributed by atoms with E-state index in [-0.39, 0.29) is 23.4 Å². The molecule has 2 aromatic rings. The Morgan fingerprint density at radius 2 is 2.00 bits per heavy atom. The zero-order valence-corrected chi connectivity index (χ0v) is 14.0. The lowest BCUT2D eigenvalue weighted by atomic mass is 10.2. The molecule has 0 unspecified atom stereocenters. The van der Waals surface area contributed by atoms with Gasteiger partial charge in [0.05, 0.1) is 12.8 Å². The monoisotopic (exact) mass is 348 g/mol. The van der Waals surface area contributed by atoms with Gasteiger partial charge in [-0.05, 0) is 42.8 Å². The normalized spacial score (nSPS) is 10.3. The number of ether oxygens (including phenoxy) is 1. The van der Waals surface area contributed by atoms with Crippen LogP contribution in [-0.2, 0) is 4.79 Å². The van der Waals surface area contributed by atoms with Crippen LogP contribution in [0.4, 0.5) is 4.39 Å². The van der Waals surface area contributed by atoms with Crippen LogP contribution >= 0.6 is 0 Å². The molecule has 0 atom stereocenters. The Balaban J connectivity index is 1.58. The number of hydrogen-bond donors (Lipinski definition) is 1. The van der Waals surface area contributed by atoms with Crippen LogP contribution in [0, 0.1) is 5.82 Å². The molecule has 6 nitrogen and oxygen atoms in total. The lowest BCUT2D eigenvalue weighted by Gasteiger charge is -2.17. The smallest absolute Gasteiger partial charge is 0.286 e. The Labute approximate surface area is 145 Å². The number of nitrogens with zero attached hydrogens (tertiary/aromatic N) is 1. The minimum atomic E-state index is -0.321. The predicted molar refractivity (Wildman–Crippen MR) is 89.8 cm³/mol. The molecule has 1 aromatic heterocycles. The molecule has 0 spiro atoms. The van der Waals surface area contributed by atoms with Crippen LogP contribution in [0.3, 0.4) is 0 Å². The number of benzene rings is 1. The highest BCUT2D eigenvalue weighted by Gasteiger charge is 2.10. The molecule has 2 rings (SSSR count). The van der Waals surface area contributed by atoms with E-state index in [0.717, 1.165) is 0 Å². The number of furan rings is 1. The Morgan fingerprint density at radius 1 is 1.24 bits per heavy atom. The number of halogens is 1. The maximum Gasteiger partial charge on any atom is 0.286 e. The van der Waals surface area contributed by atoms with E-state index in [1.807, 2.05) is 0 Å². The summed E-state index contributed by atoms with van der Waals surface area (Å²) >= 11 is 0. The molecule has 0 aliphatic rings. The molecule has 0 saturated carbocycles. The summed E-state index contributed by atoms with van der Waals surface area (Å²) in [5.41, 5.74) is 0. The highest BCUT2D eigenvalue weighted by molar-refractivity contribution is 5.91. The third kappa shape index (κ3) is 6.29. The summed E-state index contributed by atoms with van der Waals surface area (Å²) in [4.78, 5) is 25.2. The molecule has 1 heterocycles. The van der Waals surface area contributed by atoms with Gasteiger partial charge in [-0.25, -0.2) is 4.39 Å². The first-order valence-corrected chi connectivity index (χ1v) is 8.00. The van der Waals surface area contributed by atoms with Gasteiger partial charge in [0.15, 0.2) is 5.76 Å². The van der Waals surface area contributed by atoms with Crippen LogP contribution in [0.5, 0.6) is 5.75 Å². The van der Waals surface area contributed by atoms with Crippen LogP contribution in [0.1, 0.15) is 23.4 Å². The van der Waals surface area contributed by atoms with E-state index in [9.17, 15) is 14.0 Å². The van der Waals surface area contributed by atoms with Crippen molar-refractivity contribution in [3.8, 4) is 5.75 Å². The van der Waals surface area contributed by atoms with E-state index in [4.69, 9.17) is 9.15 Å². The molecule has 0 aliphatic heterocycles. The third-order valence-electron chi connectivity index (χ3n) is 3.53. The molecular formula is C18H21FN2O4. The first kappa shape index (κ1) is 18.5. The first-order chi connectivity index (χ1) is 12.1. The van der Waals surface area contributed by atoms with Crippen molar-refractivity contribution < 1.29 is 23.1 Å². The van der Waals surface area contributed by atoms with E-state index < -0.39 is 0 Å². The molecule has 134 valence electrons. The van der Waals surface area contributed by atoms with E-state index in [1.165, 1.54) is 18.4 Å². The van der Waals surface area contributed by atoms with Crippen molar-refractivity contribution >= 4 is 11.8 Å². The number of rotatable bonds is 9. The van der Waals surface area contributed by atoms with Gasteiger partial charge in [0.25, 0.3) is 5.91 Å². The molecule has 2 amide bonds. The van der Waals surface area contributed by atoms with Crippen molar-refractivity contribution in [1.29, 1.82) is 0 Å². The van der Waals surface area contributed by atoms with Gasteiger partial charge in [0, 0.05) is 20.0 Å². The fourth-order valence-corrected chi connectivity index (χ4v) is 2.08. The van der Waals surface area contributed by atoms with Crippen LogP contribution in [0.25, 0.3) is 0 Å². The van der Waals surface area contributed by atoms with Gasteiger partial charge in [-0.1, -0.05) is 0 Å². The quantitative estimate of drug-likeness (QED) is 0.707. The standard InChI is InChI=1S/C18H21FN2O4/c1-21(11-13-24-15-8-6-14(19)7-9-15)17(22)5-2-10-20-18(23)16-4-3-12-25-16/h3-4,6-9,12H,2,5,10-11,13H2,1H3,(H,20,23). The number of carbonyl (C=O) groups is 2. The maximum absolute atomic E-state index is 12.8. The lowest BCUT2D eigenvalue weighted by molar-refractivity contribution is -0.130. The van der Waals surface area contributed by atoms with Crippen molar-refractivity contribution in [2.24, 2.45) is 0 Å². The van der Waals surface area contributed by atoms with E-state index in [0.29, 0.717) is 38.3 Å². The highest BCUT2D eigenvalue weighted by Crippen LogP contribution is 2.10. The van der Waals surface area contributed by atoms with E-state index in [2.05, 4.69) is 5.32 Å². The second kappa shape index (κ2) is 9.46. The highest BCUT2D eigenvalue weighted by atomic mass is 19.1. The topological polar surface area (TPSA) is 71.8 Å². The molecule has 1 aromatic carbocycles. The van der Waals surface area contributed by atoms with Crippen molar-refractivity contribution in [2.45, 2.75) is 12.8 Å². The largest absolute Gasteiger partial charge is 0.492 e. The first-order valence-electron chi connectivity index (χ1n) is 8.00. The summed E-state index contributed by atoms with van der Waals surface area (Å²) in [6, 6.07) is 8.94. The van der Waals surface area contributed by atoms with Gasteiger partial charge < -0.3 is 19.4 Å². The maximum atomic E-state index is 12.8. The second-order valence-electron chi connectivity index (χ2n) is 5.45. The summed E-state index contributed by atoms with van der Waals surface area (Å²) in [6.07, 6.45) is 2.29. The number of carbonyl (C=O) groups excluding carboxylic acids is 2. The Hall–Kier alpha value is -2.83. The van der Waals surface area contributed by atoms with Crippen molar-refractivity contribution in [3.05, 3.63) is 54.2 Å². The molecular weight excluding hydrogens is 327 g/mol. The molecule has 0 aliphatic carbocycles. The van der Waals surface area contributed by atoms with Gasteiger partial charge in [0.2, 0.25) is 5.91 Å². The number of hydrogen-bond acceptors (Lipinski definition) is 4. The van der Waals surface area contributed by atoms with Gasteiger partial charge in [-0.3, -0.25) is 9.59 Å². The van der Waals surface area contributed by atoms with Crippen molar-refractivity contribution in [3.63, 3.8) is 0 Å². The average molecular weight is 348 g/mol.